The van der Waals surface area contributed by atoms with Crippen molar-refractivity contribution in [3.63, 3.8) is 0 Å². The van der Waals surface area contributed by atoms with Gasteiger partial charge in [-0.1, -0.05) is 0 Å². The number of anilines is 1. The Kier molecular flexibility index (Phi) is 5.49. The van der Waals surface area contributed by atoms with Gasteiger partial charge in [-0.05, 0) is 39.0 Å². The zero-order valence-corrected chi connectivity index (χ0v) is 11.9. The highest BCUT2D eigenvalue weighted by Gasteiger charge is 2.20. The van der Waals surface area contributed by atoms with Gasteiger partial charge in [-0.15, -0.1) is 0 Å². The summed E-state index contributed by atoms with van der Waals surface area (Å²) in [5.41, 5.74) is 5.61. The molecular weight excluding hydrogens is 261 g/mol. The lowest BCUT2D eigenvalue weighted by atomic mass is 10.1. The van der Waals surface area contributed by atoms with E-state index in [1.807, 2.05) is 13.8 Å². The van der Waals surface area contributed by atoms with Gasteiger partial charge >= 0.3 is 0 Å². The van der Waals surface area contributed by atoms with Crippen molar-refractivity contribution in [1.29, 1.82) is 0 Å². The van der Waals surface area contributed by atoms with Gasteiger partial charge < -0.3 is 16.0 Å². The second kappa shape index (κ2) is 6.88. The van der Waals surface area contributed by atoms with Crippen molar-refractivity contribution in [3.8, 4) is 0 Å². The molecule has 0 atom stereocenters. The number of hydrogen-bond donors (Lipinski definition) is 2. The zero-order chi connectivity index (χ0) is 15.3. The number of carbonyl (C=O) groups excluding carboxylic acids is 2. The van der Waals surface area contributed by atoms with Crippen molar-refractivity contribution in [2.75, 3.05) is 18.8 Å². The molecule has 0 unspecified atom stereocenters. The molecule has 0 spiro atoms. The average molecular weight is 281 g/mol. The molecule has 0 aliphatic rings. The maximum atomic E-state index is 13.7. The van der Waals surface area contributed by atoms with E-state index in [1.54, 1.807) is 6.92 Å². The Morgan fingerprint density at radius 1 is 1.40 bits per heavy atom. The minimum absolute atomic E-state index is 0.00966. The first-order valence-corrected chi connectivity index (χ1v) is 6.48. The highest BCUT2D eigenvalue weighted by Crippen LogP contribution is 2.14. The Morgan fingerprint density at radius 2 is 2.05 bits per heavy atom. The summed E-state index contributed by atoms with van der Waals surface area (Å²) in [6.45, 7) is 5.60. The summed E-state index contributed by atoms with van der Waals surface area (Å²) < 4.78 is 13.7. The molecule has 3 N–H and O–H groups in total. The summed E-state index contributed by atoms with van der Waals surface area (Å²) in [4.78, 5) is 25.2. The molecule has 0 aliphatic carbocycles. The number of hydrogen-bond acceptors (Lipinski definition) is 3. The van der Waals surface area contributed by atoms with Crippen LogP contribution in [0.15, 0.2) is 18.2 Å². The van der Waals surface area contributed by atoms with Gasteiger partial charge in [0.15, 0.2) is 0 Å². The molecule has 0 heterocycles. The Labute approximate surface area is 117 Å². The molecule has 1 rings (SSSR count). The summed E-state index contributed by atoms with van der Waals surface area (Å²) in [6.07, 6.45) is 0. The van der Waals surface area contributed by atoms with E-state index in [2.05, 4.69) is 5.32 Å². The number of carbonyl (C=O) groups is 2. The summed E-state index contributed by atoms with van der Waals surface area (Å²) in [7, 11) is 0. The fourth-order valence-corrected chi connectivity index (χ4v) is 1.74. The van der Waals surface area contributed by atoms with Gasteiger partial charge in [0.25, 0.3) is 5.91 Å². The van der Waals surface area contributed by atoms with Crippen LogP contribution in [0.1, 0.15) is 31.1 Å². The summed E-state index contributed by atoms with van der Waals surface area (Å²) in [6, 6.07) is 3.87. The van der Waals surface area contributed by atoms with Crippen LogP contribution in [-0.2, 0) is 4.79 Å². The highest BCUT2D eigenvalue weighted by molar-refractivity contribution is 5.97. The summed E-state index contributed by atoms with van der Waals surface area (Å²) in [5, 5.41) is 2.69. The van der Waals surface area contributed by atoms with E-state index in [0.29, 0.717) is 6.54 Å². The maximum absolute atomic E-state index is 13.7. The Balaban J connectivity index is 2.84. The molecule has 0 saturated carbocycles. The SMILES string of the molecule is CCN(CC(=O)NC(C)C)C(=O)c1ccc(N)cc1F. The van der Waals surface area contributed by atoms with Crippen LogP contribution in [0.4, 0.5) is 10.1 Å². The standard InChI is InChI=1S/C14H20FN3O2/c1-4-18(8-13(19)17-9(2)3)14(20)11-6-5-10(16)7-12(11)15/h5-7,9H,4,8,16H2,1-3H3,(H,17,19). The average Bonchev–Trinajstić information content (AvgIpc) is 2.34. The molecule has 20 heavy (non-hydrogen) atoms. The topological polar surface area (TPSA) is 75.4 Å². The fraction of sp³-hybridized carbons (Fsp3) is 0.429. The van der Waals surface area contributed by atoms with Crippen LogP contribution in [0.3, 0.4) is 0 Å². The van der Waals surface area contributed by atoms with Crippen molar-refractivity contribution in [2.45, 2.75) is 26.8 Å². The maximum Gasteiger partial charge on any atom is 0.257 e. The van der Waals surface area contributed by atoms with E-state index in [1.165, 1.54) is 17.0 Å². The molecule has 2 amide bonds. The summed E-state index contributed by atoms with van der Waals surface area (Å²) in [5.74, 6) is -1.48. The van der Waals surface area contributed by atoms with Crippen LogP contribution >= 0.6 is 0 Å². The van der Waals surface area contributed by atoms with Crippen LogP contribution in [0.5, 0.6) is 0 Å². The molecule has 0 aromatic heterocycles. The first kappa shape index (κ1) is 15.9. The Hall–Kier alpha value is -2.11. The normalized spacial score (nSPS) is 10.4. The van der Waals surface area contributed by atoms with Crippen molar-refractivity contribution in [2.24, 2.45) is 0 Å². The fourth-order valence-electron chi connectivity index (χ4n) is 1.74. The molecular formula is C14H20FN3O2. The van der Waals surface area contributed by atoms with Gasteiger partial charge in [0.2, 0.25) is 5.91 Å². The molecule has 6 heteroatoms. The van der Waals surface area contributed by atoms with Crippen molar-refractivity contribution in [1.82, 2.24) is 10.2 Å². The van der Waals surface area contributed by atoms with Crippen LogP contribution in [-0.4, -0.2) is 35.8 Å². The second-order valence-corrected chi connectivity index (χ2v) is 4.78. The number of rotatable bonds is 5. The molecule has 1 aromatic carbocycles. The molecule has 0 saturated heterocycles. The number of nitrogen functional groups attached to an aromatic ring is 1. The van der Waals surface area contributed by atoms with Gasteiger partial charge in [0.1, 0.15) is 5.82 Å². The van der Waals surface area contributed by atoms with Crippen LogP contribution in [0.2, 0.25) is 0 Å². The van der Waals surface area contributed by atoms with E-state index in [4.69, 9.17) is 5.73 Å². The molecule has 1 aromatic rings. The minimum Gasteiger partial charge on any atom is -0.399 e. The van der Waals surface area contributed by atoms with Gasteiger partial charge in [0, 0.05) is 18.3 Å². The third kappa shape index (κ3) is 4.22. The van der Waals surface area contributed by atoms with Crippen molar-refractivity contribution >= 4 is 17.5 Å². The van der Waals surface area contributed by atoms with E-state index in [9.17, 15) is 14.0 Å². The number of benzene rings is 1. The largest absolute Gasteiger partial charge is 0.399 e. The molecule has 0 radical (unpaired) electrons. The van der Waals surface area contributed by atoms with Crippen LogP contribution < -0.4 is 11.1 Å². The molecule has 110 valence electrons. The lowest BCUT2D eigenvalue weighted by Gasteiger charge is -2.21. The van der Waals surface area contributed by atoms with Gasteiger partial charge in [-0.2, -0.15) is 0 Å². The lowest BCUT2D eigenvalue weighted by molar-refractivity contribution is -0.122. The van der Waals surface area contributed by atoms with E-state index >= 15 is 0 Å². The van der Waals surface area contributed by atoms with Crippen LogP contribution in [0, 0.1) is 5.82 Å². The predicted octanol–water partition coefficient (Wildman–Crippen LogP) is 1.39. The number of likely N-dealkylation sites (N-methyl/N-ethyl adjacent to an activating group) is 1. The van der Waals surface area contributed by atoms with Gasteiger partial charge in [0.05, 0.1) is 12.1 Å². The Bertz CT molecular complexity index is 503. The first-order valence-electron chi connectivity index (χ1n) is 6.48. The highest BCUT2D eigenvalue weighted by atomic mass is 19.1. The summed E-state index contributed by atoms with van der Waals surface area (Å²) >= 11 is 0. The second-order valence-electron chi connectivity index (χ2n) is 4.78. The van der Waals surface area contributed by atoms with Gasteiger partial charge in [-0.25, -0.2) is 4.39 Å². The smallest absolute Gasteiger partial charge is 0.257 e. The minimum atomic E-state index is -0.683. The molecule has 0 aliphatic heterocycles. The number of halogens is 1. The molecule has 5 nitrogen and oxygen atoms in total. The van der Waals surface area contributed by atoms with E-state index in [0.717, 1.165) is 6.07 Å². The predicted molar refractivity (Wildman–Crippen MR) is 75.7 cm³/mol. The van der Waals surface area contributed by atoms with Crippen molar-refractivity contribution < 1.29 is 14.0 Å². The van der Waals surface area contributed by atoms with Crippen LogP contribution in [0.25, 0.3) is 0 Å². The first-order chi connectivity index (χ1) is 9.35. The third-order valence-electron chi connectivity index (χ3n) is 2.68. The molecule has 0 fully saturated rings. The Morgan fingerprint density at radius 3 is 2.55 bits per heavy atom. The molecule has 0 bridgehead atoms. The monoisotopic (exact) mass is 281 g/mol. The van der Waals surface area contributed by atoms with Crippen molar-refractivity contribution in [3.05, 3.63) is 29.6 Å². The number of nitrogens with one attached hydrogen (secondary N) is 1. The number of amides is 2. The zero-order valence-electron chi connectivity index (χ0n) is 11.9. The van der Waals surface area contributed by atoms with E-state index in [-0.39, 0.29) is 29.7 Å². The lowest BCUT2D eigenvalue weighted by Crippen LogP contribution is -2.42. The third-order valence-corrected chi connectivity index (χ3v) is 2.68. The van der Waals surface area contributed by atoms with Gasteiger partial charge in [-0.3, -0.25) is 9.59 Å². The number of nitrogens with zero attached hydrogens (tertiary/aromatic N) is 1. The number of nitrogens with two attached hydrogens (primary N) is 1. The van der Waals surface area contributed by atoms with E-state index < -0.39 is 11.7 Å². The quantitative estimate of drug-likeness (QED) is 0.801.